The average molecular weight is 319 g/mol. The minimum Gasteiger partial charge on any atom is -0.340 e. The Bertz CT molecular complexity index is 649. The predicted molar refractivity (Wildman–Crippen MR) is 70.5 cm³/mol. The second-order valence-corrected chi connectivity index (χ2v) is 7.52. The maximum Gasteiger partial charge on any atom is 0.264 e. The summed E-state index contributed by atoms with van der Waals surface area (Å²) in [5.41, 5.74) is 0.136. The molecule has 2 heterocycles. The van der Waals surface area contributed by atoms with Gasteiger partial charge in [-0.3, -0.25) is 4.18 Å². The highest BCUT2D eigenvalue weighted by Gasteiger charge is 2.62. The van der Waals surface area contributed by atoms with Crippen LogP contribution in [0.15, 0.2) is 12.3 Å². The lowest BCUT2D eigenvalue weighted by Crippen LogP contribution is -2.66. The summed E-state index contributed by atoms with van der Waals surface area (Å²) in [5.74, 6) is -2.11. The highest BCUT2D eigenvalue weighted by Crippen LogP contribution is 2.57. The van der Waals surface area contributed by atoms with Gasteiger partial charge in [0, 0.05) is 37.5 Å². The largest absolute Gasteiger partial charge is 0.340 e. The number of hydrogen-bond acceptors (Lipinski definition) is 6. The third-order valence-electron chi connectivity index (χ3n) is 3.72. The van der Waals surface area contributed by atoms with E-state index in [2.05, 4.69) is 14.2 Å². The first-order chi connectivity index (χ1) is 9.67. The molecule has 0 amide bonds. The van der Waals surface area contributed by atoms with Crippen LogP contribution >= 0.6 is 0 Å². The summed E-state index contributed by atoms with van der Waals surface area (Å²) < 4.78 is 52.4. The second-order valence-electron chi connectivity index (χ2n) is 5.88. The van der Waals surface area contributed by atoms with E-state index < -0.39 is 16.0 Å². The van der Waals surface area contributed by atoms with Crippen LogP contribution in [0, 0.1) is 5.41 Å². The molecule has 1 saturated heterocycles. The molecule has 0 bridgehead atoms. The van der Waals surface area contributed by atoms with Crippen LogP contribution in [0.3, 0.4) is 0 Å². The Morgan fingerprint density at radius 2 is 2.05 bits per heavy atom. The molecule has 3 rings (SSSR count). The molecule has 0 N–H and O–H groups in total. The molecule has 0 atom stereocenters. The topological polar surface area (TPSA) is 72.4 Å². The molecule has 1 saturated carbocycles. The fourth-order valence-corrected chi connectivity index (χ4v) is 3.29. The number of hydrogen-bond donors (Lipinski definition) is 0. The van der Waals surface area contributed by atoms with Gasteiger partial charge in [0.1, 0.15) is 6.61 Å². The van der Waals surface area contributed by atoms with Crippen LogP contribution in [-0.2, 0) is 20.9 Å². The van der Waals surface area contributed by atoms with E-state index in [0.717, 1.165) is 6.26 Å². The fraction of sp³-hybridized carbons (Fsp3) is 0.667. The zero-order valence-electron chi connectivity index (χ0n) is 11.4. The maximum absolute atomic E-state index is 12.9. The average Bonchev–Trinajstić information content (AvgIpc) is 2.29. The summed E-state index contributed by atoms with van der Waals surface area (Å²) in [5, 5.41) is 0. The number of aromatic nitrogens is 2. The van der Waals surface area contributed by atoms with Crippen LogP contribution in [0.1, 0.15) is 18.5 Å². The molecule has 1 aromatic heterocycles. The van der Waals surface area contributed by atoms with Crippen molar-refractivity contribution in [1.29, 1.82) is 0 Å². The van der Waals surface area contributed by atoms with Crippen LogP contribution < -0.4 is 4.90 Å². The van der Waals surface area contributed by atoms with E-state index in [4.69, 9.17) is 0 Å². The van der Waals surface area contributed by atoms with Crippen molar-refractivity contribution < 1.29 is 21.4 Å². The number of halogens is 2. The minimum absolute atomic E-state index is 0.0760. The van der Waals surface area contributed by atoms with Crippen molar-refractivity contribution >= 4 is 16.1 Å². The molecule has 0 unspecified atom stereocenters. The molecule has 1 aliphatic carbocycles. The Kier molecular flexibility index (Phi) is 3.17. The molecule has 0 aromatic carbocycles. The molecule has 1 aromatic rings. The van der Waals surface area contributed by atoms with Gasteiger partial charge in [-0.1, -0.05) is 0 Å². The molecule has 21 heavy (non-hydrogen) atoms. The molecule has 1 spiro atoms. The van der Waals surface area contributed by atoms with E-state index in [9.17, 15) is 17.2 Å². The van der Waals surface area contributed by atoms with Gasteiger partial charge < -0.3 is 4.90 Å². The van der Waals surface area contributed by atoms with Crippen molar-refractivity contribution in [3.8, 4) is 0 Å². The molecule has 0 radical (unpaired) electrons. The lowest BCUT2D eigenvalue weighted by Gasteiger charge is -2.58. The van der Waals surface area contributed by atoms with Gasteiger partial charge in [0.15, 0.2) is 0 Å². The van der Waals surface area contributed by atoms with Crippen LogP contribution in [0.5, 0.6) is 0 Å². The third-order valence-corrected chi connectivity index (χ3v) is 4.27. The summed E-state index contributed by atoms with van der Waals surface area (Å²) in [6, 6.07) is 1.56. The summed E-state index contributed by atoms with van der Waals surface area (Å²) in [6.45, 7) is 0.864. The van der Waals surface area contributed by atoms with Crippen LogP contribution in [0.25, 0.3) is 0 Å². The van der Waals surface area contributed by atoms with Gasteiger partial charge >= 0.3 is 0 Å². The van der Waals surface area contributed by atoms with Gasteiger partial charge in [0.05, 0.1) is 11.9 Å². The summed E-state index contributed by atoms with van der Waals surface area (Å²) in [4.78, 5) is 10.1. The van der Waals surface area contributed by atoms with Gasteiger partial charge in [-0.2, -0.15) is 8.42 Å². The van der Waals surface area contributed by atoms with Crippen LogP contribution in [0.4, 0.5) is 14.7 Å². The van der Waals surface area contributed by atoms with E-state index in [1.54, 1.807) is 6.07 Å². The van der Waals surface area contributed by atoms with Crippen molar-refractivity contribution in [2.24, 2.45) is 5.41 Å². The molecule has 116 valence electrons. The van der Waals surface area contributed by atoms with E-state index in [0.29, 0.717) is 24.7 Å². The third kappa shape index (κ3) is 3.13. The SMILES string of the molecule is CS(=O)(=O)OCc1ccnc(N2CC3(C2)CC(F)(F)C3)n1. The zero-order valence-corrected chi connectivity index (χ0v) is 12.2. The zero-order chi connectivity index (χ0) is 15.3. The molecule has 2 aliphatic rings. The first-order valence-corrected chi connectivity index (χ1v) is 8.27. The molecule has 2 fully saturated rings. The van der Waals surface area contributed by atoms with Gasteiger partial charge in [-0.25, -0.2) is 18.7 Å². The lowest BCUT2D eigenvalue weighted by molar-refractivity contribution is -0.170. The Balaban J connectivity index is 1.60. The summed E-state index contributed by atoms with van der Waals surface area (Å²) in [6.07, 6.45) is 2.31. The van der Waals surface area contributed by atoms with Crippen molar-refractivity contribution in [2.45, 2.75) is 25.4 Å². The smallest absolute Gasteiger partial charge is 0.264 e. The second kappa shape index (κ2) is 4.57. The molecule has 9 heteroatoms. The van der Waals surface area contributed by atoms with E-state index in [1.807, 2.05) is 4.90 Å². The summed E-state index contributed by atoms with van der Waals surface area (Å²) >= 11 is 0. The molecule has 1 aliphatic heterocycles. The Morgan fingerprint density at radius 1 is 1.38 bits per heavy atom. The predicted octanol–water partition coefficient (Wildman–Crippen LogP) is 1.19. The van der Waals surface area contributed by atoms with E-state index in [1.165, 1.54) is 6.20 Å². The maximum atomic E-state index is 12.9. The Morgan fingerprint density at radius 3 is 2.62 bits per heavy atom. The van der Waals surface area contributed by atoms with Crippen LogP contribution in [0.2, 0.25) is 0 Å². The standard InChI is InChI=1S/C12H15F2N3O3S/c1-21(18,19)20-4-9-2-3-15-10(16-9)17-7-11(8-17)5-12(13,14)6-11/h2-3H,4-8H2,1H3. The van der Waals surface area contributed by atoms with Crippen molar-refractivity contribution in [1.82, 2.24) is 9.97 Å². The monoisotopic (exact) mass is 319 g/mol. The number of rotatable bonds is 4. The van der Waals surface area contributed by atoms with Crippen molar-refractivity contribution in [3.63, 3.8) is 0 Å². The summed E-state index contributed by atoms with van der Waals surface area (Å²) in [7, 11) is -3.53. The van der Waals surface area contributed by atoms with Crippen molar-refractivity contribution in [3.05, 3.63) is 18.0 Å². The van der Waals surface area contributed by atoms with Gasteiger partial charge in [0.25, 0.3) is 10.1 Å². The minimum atomic E-state index is -3.53. The van der Waals surface area contributed by atoms with E-state index in [-0.39, 0.29) is 24.9 Å². The number of anilines is 1. The van der Waals surface area contributed by atoms with Gasteiger partial charge in [-0.05, 0) is 6.07 Å². The first kappa shape index (κ1) is 14.6. The van der Waals surface area contributed by atoms with E-state index >= 15 is 0 Å². The Labute approximate surface area is 121 Å². The molecular weight excluding hydrogens is 304 g/mol. The molecular formula is C12H15F2N3O3S. The molecule has 6 nitrogen and oxygen atoms in total. The Hall–Kier alpha value is -1.35. The lowest BCUT2D eigenvalue weighted by atomic mass is 9.61. The van der Waals surface area contributed by atoms with Crippen LogP contribution in [-0.4, -0.2) is 43.7 Å². The van der Waals surface area contributed by atoms with Gasteiger partial charge in [-0.15, -0.1) is 0 Å². The normalized spacial score (nSPS) is 22.7. The quantitative estimate of drug-likeness (QED) is 0.776. The fourth-order valence-electron chi connectivity index (χ4n) is 2.96. The van der Waals surface area contributed by atoms with Crippen molar-refractivity contribution in [2.75, 3.05) is 24.2 Å². The first-order valence-electron chi connectivity index (χ1n) is 6.46. The number of alkyl halides is 2. The van der Waals surface area contributed by atoms with Gasteiger partial charge in [0.2, 0.25) is 11.9 Å². The highest BCUT2D eigenvalue weighted by atomic mass is 32.2. The number of nitrogens with zero attached hydrogens (tertiary/aromatic N) is 3. The highest BCUT2D eigenvalue weighted by molar-refractivity contribution is 7.85.